The number of methoxy groups -OCH3 is 1. The van der Waals surface area contributed by atoms with E-state index in [1.165, 1.54) is 10.8 Å². The van der Waals surface area contributed by atoms with Crippen molar-refractivity contribution in [2.75, 3.05) is 12.4 Å². The highest BCUT2D eigenvalue weighted by molar-refractivity contribution is 6.35. The zero-order valence-electron chi connectivity index (χ0n) is 13.8. The van der Waals surface area contributed by atoms with Crippen molar-refractivity contribution in [3.63, 3.8) is 0 Å². The van der Waals surface area contributed by atoms with E-state index in [2.05, 4.69) is 10.3 Å². The first-order valence-electron chi connectivity index (χ1n) is 7.65. The number of H-pyrrole nitrogens is 1. The molecule has 2 aromatic carbocycles. The van der Waals surface area contributed by atoms with Gasteiger partial charge in [0, 0.05) is 21.9 Å². The van der Waals surface area contributed by atoms with Crippen molar-refractivity contribution in [3.05, 3.63) is 85.1 Å². The first-order valence-corrected chi connectivity index (χ1v) is 8.40. The molecule has 0 aliphatic carbocycles. The number of nitrogens with zero attached hydrogens (tertiary/aromatic N) is 1. The summed E-state index contributed by atoms with van der Waals surface area (Å²) in [5.41, 5.74) is 0.594. The Labute approximate surface area is 159 Å². The van der Waals surface area contributed by atoms with Crippen molar-refractivity contribution in [2.45, 2.75) is 6.54 Å². The third-order valence-corrected chi connectivity index (χ3v) is 4.32. The maximum absolute atomic E-state index is 12.1. The van der Waals surface area contributed by atoms with Gasteiger partial charge in [-0.3, -0.25) is 14.3 Å². The van der Waals surface area contributed by atoms with Crippen LogP contribution in [0, 0.1) is 0 Å². The number of anilines is 2. The molecular formula is C18H15Cl2N3O3. The third-order valence-electron chi connectivity index (χ3n) is 3.74. The van der Waals surface area contributed by atoms with E-state index in [9.17, 15) is 9.59 Å². The number of aromatic amines is 1. The van der Waals surface area contributed by atoms with Gasteiger partial charge in [0.1, 0.15) is 11.4 Å². The highest BCUT2D eigenvalue weighted by Gasteiger charge is 2.08. The molecule has 8 heteroatoms. The fourth-order valence-electron chi connectivity index (χ4n) is 2.38. The van der Waals surface area contributed by atoms with Crippen LogP contribution in [0.1, 0.15) is 5.56 Å². The largest absolute Gasteiger partial charge is 0.497 e. The van der Waals surface area contributed by atoms with Gasteiger partial charge < -0.3 is 10.1 Å². The molecule has 0 bridgehead atoms. The van der Waals surface area contributed by atoms with Crippen LogP contribution in [0.25, 0.3) is 0 Å². The second-order valence-corrected chi connectivity index (χ2v) is 6.36. The SMILES string of the molecule is COc1ccc(Nc2cn(Cc3ccc(Cl)cc3Cl)c(=O)[nH]c2=O)cc1. The van der Waals surface area contributed by atoms with Crippen LogP contribution in [0.15, 0.2) is 58.3 Å². The average molecular weight is 392 g/mol. The Morgan fingerprint density at radius 3 is 2.50 bits per heavy atom. The highest BCUT2D eigenvalue weighted by atomic mass is 35.5. The summed E-state index contributed by atoms with van der Waals surface area (Å²) >= 11 is 12.1. The third kappa shape index (κ3) is 4.09. The van der Waals surface area contributed by atoms with E-state index in [-0.39, 0.29) is 12.2 Å². The van der Waals surface area contributed by atoms with Crippen LogP contribution >= 0.6 is 23.2 Å². The second kappa shape index (κ2) is 7.68. The maximum atomic E-state index is 12.1. The Morgan fingerprint density at radius 1 is 1.12 bits per heavy atom. The van der Waals surface area contributed by atoms with Crippen molar-refractivity contribution < 1.29 is 4.74 Å². The number of benzene rings is 2. The molecule has 2 N–H and O–H groups in total. The number of ether oxygens (including phenoxy) is 1. The molecular weight excluding hydrogens is 377 g/mol. The van der Waals surface area contributed by atoms with E-state index in [4.69, 9.17) is 27.9 Å². The standard InChI is InChI=1S/C18H15Cl2N3O3/c1-26-14-6-4-13(5-7-14)21-16-10-23(18(25)22-17(16)24)9-11-2-3-12(19)8-15(11)20/h2-8,10,21H,9H2,1H3,(H,22,24,25). The number of rotatable bonds is 5. The number of halogens is 2. The fourth-order valence-corrected chi connectivity index (χ4v) is 2.85. The van der Waals surface area contributed by atoms with E-state index < -0.39 is 11.2 Å². The maximum Gasteiger partial charge on any atom is 0.328 e. The van der Waals surface area contributed by atoms with E-state index in [1.54, 1.807) is 49.6 Å². The van der Waals surface area contributed by atoms with Gasteiger partial charge in [-0.05, 0) is 42.0 Å². The summed E-state index contributed by atoms with van der Waals surface area (Å²) in [5, 5.41) is 3.94. The van der Waals surface area contributed by atoms with Gasteiger partial charge in [-0.2, -0.15) is 0 Å². The van der Waals surface area contributed by atoms with Gasteiger partial charge in [-0.25, -0.2) is 4.79 Å². The van der Waals surface area contributed by atoms with Gasteiger partial charge in [-0.15, -0.1) is 0 Å². The molecule has 0 radical (unpaired) electrons. The molecule has 0 amide bonds. The molecule has 26 heavy (non-hydrogen) atoms. The predicted molar refractivity (Wildman–Crippen MR) is 103 cm³/mol. The van der Waals surface area contributed by atoms with Gasteiger partial charge in [-0.1, -0.05) is 29.3 Å². The Hall–Kier alpha value is -2.70. The molecule has 3 rings (SSSR count). The van der Waals surface area contributed by atoms with Crippen molar-refractivity contribution in [1.29, 1.82) is 0 Å². The van der Waals surface area contributed by atoms with Crippen LogP contribution in [-0.4, -0.2) is 16.7 Å². The molecule has 0 aliphatic heterocycles. The van der Waals surface area contributed by atoms with Gasteiger partial charge in [0.15, 0.2) is 0 Å². The molecule has 0 aliphatic rings. The first-order chi connectivity index (χ1) is 12.5. The molecule has 1 aromatic heterocycles. The van der Waals surface area contributed by atoms with Gasteiger partial charge in [0.05, 0.1) is 13.7 Å². The zero-order valence-corrected chi connectivity index (χ0v) is 15.3. The number of aromatic nitrogens is 2. The summed E-state index contributed by atoms with van der Waals surface area (Å²) in [7, 11) is 1.57. The average Bonchev–Trinajstić information content (AvgIpc) is 2.62. The summed E-state index contributed by atoms with van der Waals surface area (Å²) in [4.78, 5) is 26.5. The lowest BCUT2D eigenvalue weighted by Gasteiger charge is -2.11. The van der Waals surface area contributed by atoms with E-state index in [0.29, 0.717) is 27.0 Å². The van der Waals surface area contributed by atoms with Crippen LogP contribution in [0.4, 0.5) is 11.4 Å². The molecule has 0 spiro atoms. The Bertz CT molecular complexity index is 1040. The fraction of sp³-hybridized carbons (Fsp3) is 0.111. The smallest absolute Gasteiger partial charge is 0.328 e. The quantitative estimate of drug-likeness (QED) is 0.695. The predicted octanol–water partition coefficient (Wildman–Crippen LogP) is 3.64. The Kier molecular flexibility index (Phi) is 5.35. The molecule has 0 saturated carbocycles. The van der Waals surface area contributed by atoms with Crippen LogP contribution in [0.3, 0.4) is 0 Å². The summed E-state index contributed by atoms with van der Waals surface area (Å²) in [6.45, 7) is 0.197. The minimum atomic E-state index is -0.527. The number of hydrogen-bond acceptors (Lipinski definition) is 4. The van der Waals surface area contributed by atoms with Crippen molar-refractivity contribution in [1.82, 2.24) is 9.55 Å². The molecule has 134 valence electrons. The Balaban J connectivity index is 1.91. The molecule has 0 unspecified atom stereocenters. The van der Waals surface area contributed by atoms with Gasteiger partial charge in [0.25, 0.3) is 5.56 Å². The van der Waals surface area contributed by atoms with E-state index in [1.807, 2.05) is 0 Å². The summed E-state index contributed by atoms with van der Waals surface area (Å²) in [5.74, 6) is 0.701. The molecule has 0 saturated heterocycles. The summed E-state index contributed by atoms with van der Waals surface area (Å²) in [6.07, 6.45) is 1.45. The summed E-state index contributed by atoms with van der Waals surface area (Å²) in [6, 6.07) is 12.1. The number of hydrogen-bond donors (Lipinski definition) is 2. The highest BCUT2D eigenvalue weighted by Crippen LogP contribution is 2.22. The first kappa shape index (κ1) is 18.1. The van der Waals surface area contributed by atoms with E-state index >= 15 is 0 Å². The van der Waals surface area contributed by atoms with Crippen LogP contribution in [-0.2, 0) is 6.54 Å². The second-order valence-electron chi connectivity index (χ2n) is 5.52. The van der Waals surface area contributed by atoms with Gasteiger partial charge >= 0.3 is 5.69 Å². The topological polar surface area (TPSA) is 76.1 Å². The van der Waals surface area contributed by atoms with Crippen molar-refractivity contribution in [3.8, 4) is 5.75 Å². The lowest BCUT2D eigenvalue weighted by Crippen LogP contribution is -2.31. The monoisotopic (exact) mass is 391 g/mol. The normalized spacial score (nSPS) is 10.6. The molecule has 0 fully saturated rings. The summed E-state index contributed by atoms with van der Waals surface area (Å²) < 4.78 is 6.46. The molecule has 6 nitrogen and oxygen atoms in total. The minimum absolute atomic E-state index is 0.197. The minimum Gasteiger partial charge on any atom is -0.497 e. The molecule has 1 heterocycles. The molecule has 0 atom stereocenters. The van der Waals surface area contributed by atoms with Crippen molar-refractivity contribution >= 4 is 34.6 Å². The van der Waals surface area contributed by atoms with Gasteiger partial charge in [0.2, 0.25) is 0 Å². The number of nitrogens with one attached hydrogen (secondary N) is 2. The molecule has 3 aromatic rings. The zero-order chi connectivity index (χ0) is 18.7. The van der Waals surface area contributed by atoms with E-state index in [0.717, 1.165) is 0 Å². The van der Waals surface area contributed by atoms with Crippen LogP contribution < -0.4 is 21.3 Å². The lowest BCUT2D eigenvalue weighted by molar-refractivity contribution is 0.415. The Morgan fingerprint density at radius 2 is 1.85 bits per heavy atom. The van der Waals surface area contributed by atoms with Crippen LogP contribution in [0.2, 0.25) is 10.0 Å². The lowest BCUT2D eigenvalue weighted by atomic mass is 10.2. The van der Waals surface area contributed by atoms with Crippen molar-refractivity contribution in [2.24, 2.45) is 0 Å². The van der Waals surface area contributed by atoms with Crippen LogP contribution in [0.5, 0.6) is 5.75 Å².